The number of nitrogens with zero attached hydrogens (tertiary/aromatic N) is 2. The first-order valence-electron chi connectivity index (χ1n) is 8.75. The molecule has 2 aromatic heterocycles. The number of nitrogens with one attached hydrogen (secondary N) is 1. The Bertz CT molecular complexity index is 1100. The molecule has 0 aliphatic carbocycles. The van der Waals surface area contributed by atoms with Gasteiger partial charge in [0.05, 0.1) is 16.4 Å². The SMILES string of the molecule is Cc1ccc(-c2cnc(CCC(=O)Nc3nc4ccc(C)cc4s3)o2)cc1. The number of amides is 1. The Morgan fingerprint density at radius 2 is 1.89 bits per heavy atom. The molecular formula is C21H19N3O2S. The fourth-order valence-corrected chi connectivity index (χ4v) is 3.74. The Morgan fingerprint density at radius 3 is 2.70 bits per heavy atom. The molecule has 0 unspecified atom stereocenters. The van der Waals surface area contributed by atoms with Gasteiger partial charge >= 0.3 is 0 Å². The van der Waals surface area contributed by atoms with Gasteiger partial charge in [0.2, 0.25) is 5.91 Å². The highest BCUT2D eigenvalue weighted by Gasteiger charge is 2.11. The average molecular weight is 377 g/mol. The van der Waals surface area contributed by atoms with Crippen LogP contribution in [0.5, 0.6) is 0 Å². The maximum atomic E-state index is 12.2. The lowest BCUT2D eigenvalue weighted by Crippen LogP contribution is -2.12. The van der Waals surface area contributed by atoms with Gasteiger partial charge in [-0.2, -0.15) is 0 Å². The molecule has 1 amide bonds. The lowest BCUT2D eigenvalue weighted by Gasteiger charge is -2.00. The van der Waals surface area contributed by atoms with Crippen molar-refractivity contribution in [2.24, 2.45) is 0 Å². The molecule has 1 N–H and O–H groups in total. The molecule has 6 heteroatoms. The number of hydrogen-bond acceptors (Lipinski definition) is 5. The topological polar surface area (TPSA) is 68.0 Å². The summed E-state index contributed by atoms with van der Waals surface area (Å²) in [6, 6.07) is 14.1. The summed E-state index contributed by atoms with van der Waals surface area (Å²) >= 11 is 1.48. The average Bonchev–Trinajstić information content (AvgIpc) is 3.26. The summed E-state index contributed by atoms with van der Waals surface area (Å²) in [5.74, 6) is 1.17. The fourth-order valence-electron chi connectivity index (χ4n) is 2.76. The molecule has 5 nitrogen and oxygen atoms in total. The first-order valence-corrected chi connectivity index (χ1v) is 9.57. The largest absolute Gasteiger partial charge is 0.441 e. The number of benzene rings is 2. The Balaban J connectivity index is 1.36. The van der Waals surface area contributed by atoms with Crippen LogP contribution in [0.2, 0.25) is 0 Å². The van der Waals surface area contributed by atoms with Gasteiger partial charge in [0.1, 0.15) is 0 Å². The molecule has 0 saturated carbocycles. The van der Waals surface area contributed by atoms with E-state index in [1.165, 1.54) is 22.5 Å². The molecule has 0 fully saturated rings. The molecule has 0 aliphatic heterocycles. The van der Waals surface area contributed by atoms with Crippen LogP contribution in [0.1, 0.15) is 23.4 Å². The molecule has 27 heavy (non-hydrogen) atoms. The highest BCUT2D eigenvalue weighted by Crippen LogP contribution is 2.27. The van der Waals surface area contributed by atoms with Crippen molar-refractivity contribution in [1.29, 1.82) is 0 Å². The fraction of sp³-hybridized carbons (Fsp3) is 0.190. The van der Waals surface area contributed by atoms with E-state index in [9.17, 15) is 4.79 Å². The van der Waals surface area contributed by atoms with Crippen LogP contribution in [0.4, 0.5) is 5.13 Å². The van der Waals surface area contributed by atoms with E-state index in [1.54, 1.807) is 6.20 Å². The summed E-state index contributed by atoms with van der Waals surface area (Å²) in [7, 11) is 0. The minimum Gasteiger partial charge on any atom is -0.441 e. The number of rotatable bonds is 5. The lowest BCUT2D eigenvalue weighted by molar-refractivity contribution is -0.116. The smallest absolute Gasteiger partial charge is 0.226 e. The summed E-state index contributed by atoms with van der Waals surface area (Å²) in [5, 5.41) is 3.48. The first kappa shape index (κ1) is 17.4. The van der Waals surface area contributed by atoms with Crippen LogP contribution in [0.15, 0.2) is 53.1 Å². The standard InChI is InChI=1S/C21H19N3O2S/c1-13-3-6-15(7-4-13)17-12-22-20(26-17)10-9-19(25)24-21-23-16-8-5-14(2)11-18(16)27-21/h3-8,11-12H,9-10H2,1-2H3,(H,23,24,25). The van der Waals surface area contributed by atoms with Crippen LogP contribution >= 0.6 is 11.3 Å². The maximum absolute atomic E-state index is 12.2. The van der Waals surface area contributed by atoms with Crippen LogP contribution in [-0.2, 0) is 11.2 Å². The lowest BCUT2D eigenvalue weighted by atomic mass is 10.1. The van der Waals surface area contributed by atoms with Crippen LogP contribution in [0.25, 0.3) is 21.5 Å². The molecule has 0 saturated heterocycles. The Labute approximate surface area is 161 Å². The third-order valence-corrected chi connectivity index (χ3v) is 5.18. The second-order valence-electron chi connectivity index (χ2n) is 6.52. The summed E-state index contributed by atoms with van der Waals surface area (Å²) < 4.78 is 6.84. The third-order valence-electron chi connectivity index (χ3n) is 4.25. The molecule has 0 bridgehead atoms. The van der Waals surface area contributed by atoms with Crippen molar-refractivity contribution in [3.63, 3.8) is 0 Å². The van der Waals surface area contributed by atoms with Crippen molar-refractivity contribution in [3.05, 3.63) is 65.7 Å². The molecule has 4 rings (SSSR count). The van der Waals surface area contributed by atoms with Crippen LogP contribution in [0, 0.1) is 13.8 Å². The van der Waals surface area contributed by atoms with Gasteiger partial charge in [0.25, 0.3) is 0 Å². The number of anilines is 1. The predicted molar refractivity (Wildman–Crippen MR) is 108 cm³/mol. The summed E-state index contributed by atoms with van der Waals surface area (Å²) in [6.07, 6.45) is 2.44. The van der Waals surface area contributed by atoms with Gasteiger partial charge in [-0.3, -0.25) is 4.79 Å². The quantitative estimate of drug-likeness (QED) is 0.523. The van der Waals surface area contributed by atoms with Crippen LogP contribution in [-0.4, -0.2) is 15.9 Å². The molecule has 2 heterocycles. The molecular weight excluding hydrogens is 358 g/mol. The van der Waals surface area contributed by atoms with Gasteiger partial charge in [-0.15, -0.1) is 0 Å². The Morgan fingerprint density at radius 1 is 1.11 bits per heavy atom. The number of fused-ring (bicyclic) bond motifs is 1. The molecule has 0 radical (unpaired) electrons. The molecule has 0 aliphatic rings. The second kappa shape index (κ2) is 7.32. The predicted octanol–water partition coefficient (Wildman–Crippen LogP) is 5.14. The monoisotopic (exact) mass is 377 g/mol. The van der Waals surface area contributed by atoms with Crippen LogP contribution < -0.4 is 5.32 Å². The summed E-state index contributed by atoms with van der Waals surface area (Å²) in [5.41, 5.74) is 4.25. The van der Waals surface area contributed by atoms with Crippen molar-refractivity contribution in [3.8, 4) is 11.3 Å². The van der Waals surface area contributed by atoms with Gasteiger partial charge < -0.3 is 9.73 Å². The Hall–Kier alpha value is -2.99. The van der Waals surface area contributed by atoms with E-state index < -0.39 is 0 Å². The second-order valence-corrected chi connectivity index (χ2v) is 7.55. The van der Waals surface area contributed by atoms with Crippen molar-refractivity contribution in [2.45, 2.75) is 26.7 Å². The van der Waals surface area contributed by atoms with Gasteiger partial charge in [0, 0.05) is 18.4 Å². The third kappa shape index (κ3) is 4.06. The highest BCUT2D eigenvalue weighted by atomic mass is 32.1. The van der Waals surface area contributed by atoms with E-state index in [4.69, 9.17) is 4.42 Å². The number of carbonyl (C=O) groups excluding carboxylic acids is 1. The zero-order chi connectivity index (χ0) is 18.8. The number of carbonyl (C=O) groups is 1. The number of hydrogen-bond donors (Lipinski definition) is 1. The molecule has 0 atom stereocenters. The van der Waals surface area contributed by atoms with E-state index >= 15 is 0 Å². The van der Waals surface area contributed by atoms with Gasteiger partial charge in [-0.05, 0) is 31.5 Å². The van der Waals surface area contributed by atoms with Crippen molar-refractivity contribution < 1.29 is 9.21 Å². The number of aromatic nitrogens is 2. The number of oxazole rings is 1. The van der Waals surface area contributed by atoms with Gasteiger partial charge in [-0.25, -0.2) is 9.97 Å². The zero-order valence-corrected chi connectivity index (χ0v) is 16.0. The molecule has 0 spiro atoms. The van der Waals surface area contributed by atoms with E-state index in [1.807, 2.05) is 50.2 Å². The Kier molecular flexibility index (Phi) is 4.73. The van der Waals surface area contributed by atoms with E-state index in [2.05, 4.69) is 21.4 Å². The molecule has 136 valence electrons. The minimum absolute atomic E-state index is 0.0964. The van der Waals surface area contributed by atoms with E-state index in [0.29, 0.717) is 29.6 Å². The van der Waals surface area contributed by atoms with E-state index in [0.717, 1.165) is 15.8 Å². The van der Waals surface area contributed by atoms with Crippen LogP contribution in [0.3, 0.4) is 0 Å². The number of aryl methyl sites for hydroxylation is 3. The first-order chi connectivity index (χ1) is 13.1. The van der Waals surface area contributed by atoms with Crippen molar-refractivity contribution in [2.75, 3.05) is 5.32 Å². The van der Waals surface area contributed by atoms with Gasteiger partial charge in [-0.1, -0.05) is 47.2 Å². The minimum atomic E-state index is -0.0964. The van der Waals surface area contributed by atoms with Gasteiger partial charge in [0.15, 0.2) is 16.8 Å². The zero-order valence-electron chi connectivity index (χ0n) is 15.2. The van der Waals surface area contributed by atoms with Crippen molar-refractivity contribution in [1.82, 2.24) is 9.97 Å². The normalized spacial score (nSPS) is 11.0. The number of thiazole rings is 1. The molecule has 2 aromatic carbocycles. The maximum Gasteiger partial charge on any atom is 0.226 e. The highest BCUT2D eigenvalue weighted by molar-refractivity contribution is 7.22. The summed E-state index contributed by atoms with van der Waals surface area (Å²) in [4.78, 5) is 21.0. The van der Waals surface area contributed by atoms with Crippen molar-refractivity contribution >= 4 is 32.6 Å². The summed E-state index contributed by atoms with van der Waals surface area (Å²) in [6.45, 7) is 4.08. The molecule has 4 aromatic rings. The van der Waals surface area contributed by atoms with E-state index in [-0.39, 0.29) is 5.91 Å².